The van der Waals surface area contributed by atoms with Gasteiger partial charge in [-0.3, -0.25) is 0 Å². The highest BCUT2D eigenvalue weighted by Crippen LogP contribution is 2.11. The topological polar surface area (TPSA) is 58.6 Å². The third kappa shape index (κ3) is 4.42. The monoisotopic (exact) mass is 217 g/mol. The average Bonchev–Trinajstić information content (AvgIpc) is 2.24. The third-order valence-corrected chi connectivity index (χ3v) is 2.41. The van der Waals surface area contributed by atoms with Gasteiger partial charge in [0.25, 0.3) is 0 Å². The number of nitrogens with zero attached hydrogens (tertiary/aromatic N) is 1. The zero-order valence-corrected chi connectivity index (χ0v) is 9.62. The number of hydroxylamine groups is 4. The molecule has 0 fully saturated rings. The Morgan fingerprint density at radius 2 is 1.93 bits per heavy atom. The van der Waals surface area contributed by atoms with Crippen molar-refractivity contribution in [3.63, 3.8) is 0 Å². The molecule has 0 atom stereocenters. The Balaban J connectivity index is 4.02. The molecule has 0 aliphatic rings. The van der Waals surface area contributed by atoms with E-state index in [1.165, 1.54) is 0 Å². The summed E-state index contributed by atoms with van der Waals surface area (Å²) in [5.41, 5.74) is 0.108. The van der Waals surface area contributed by atoms with Crippen molar-refractivity contribution in [1.29, 1.82) is 0 Å². The number of hydrogen-bond acceptors (Lipinski definition) is 4. The highest BCUT2D eigenvalue weighted by atomic mass is 17.0. The summed E-state index contributed by atoms with van der Waals surface area (Å²) in [4.78, 5) is 20.8. The second-order valence-electron chi connectivity index (χ2n) is 3.21. The first kappa shape index (κ1) is 14.1. The molecule has 0 unspecified atom stereocenters. The molecular weight excluding hydrogens is 198 g/mol. The first-order valence-electron chi connectivity index (χ1n) is 4.89. The lowest BCUT2D eigenvalue weighted by Gasteiger charge is -2.28. The average molecular weight is 217 g/mol. The minimum Gasteiger partial charge on any atom is -0.545 e. The summed E-state index contributed by atoms with van der Waals surface area (Å²) in [6.07, 6.45) is 1.01. The molecule has 0 aliphatic carbocycles. The minimum absolute atomic E-state index is 0.0559. The van der Waals surface area contributed by atoms with Crippen LogP contribution in [0.4, 0.5) is 0 Å². The van der Waals surface area contributed by atoms with E-state index in [1.54, 1.807) is 14.2 Å². The molecule has 0 spiro atoms. The summed E-state index contributed by atoms with van der Waals surface area (Å²) >= 11 is 0. The van der Waals surface area contributed by atoms with E-state index in [1.807, 2.05) is 6.92 Å². The minimum atomic E-state index is -1.19. The van der Waals surface area contributed by atoms with E-state index in [0.717, 1.165) is 0 Å². The number of carboxylic acids is 1. The standard InChI is InChI=1S/C10H19NO4/c1-5-11(14-3,15-4)8-6-7-9(2)10(12)13/h2,5-8H2,1,3-4H3. The molecule has 0 heterocycles. The van der Waals surface area contributed by atoms with Gasteiger partial charge in [0.2, 0.25) is 0 Å². The van der Waals surface area contributed by atoms with Crippen LogP contribution in [0.3, 0.4) is 0 Å². The van der Waals surface area contributed by atoms with Crippen LogP contribution in [0, 0.1) is 0 Å². The largest absolute Gasteiger partial charge is 0.545 e. The highest BCUT2D eigenvalue weighted by Gasteiger charge is 2.26. The molecule has 0 N–H and O–H groups in total. The Labute approximate surface area is 90.4 Å². The van der Waals surface area contributed by atoms with Gasteiger partial charge in [0.1, 0.15) is 13.1 Å². The first-order valence-corrected chi connectivity index (χ1v) is 4.89. The van der Waals surface area contributed by atoms with E-state index in [2.05, 4.69) is 6.58 Å². The summed E-state index contributed by atoms with van der Waals surface area (Å²) < 4.78 is 0. The molecule has 88 valence electrons. The Morgan fingerprint density at radius 1 is 1.40 bits per heavy atom. The lowest BCUT2D eigenvalue weighted by molar-refractivity contribution is -1.24. The quantitative estimate of drug-likeness (QED) is 0.327. The molecule has 0 rings (SSSR count). The van der Waals surface area contributed by atoms with Crippen LogP contribution in [-0.2, 0) is 14.5 Å². The second kappa shape index (κ2) is 6.55. The predicted octanol–water partition coefficient (Wildman–Crippen LogP) is 0.0322. The molecule has 0 aromatic heterocycles. The highest BCUT2D eigenvalue weighted by molar-refractivity contribution is 5.83. The molecule has 0 amide bonds. The van der Waals surface area contributed by atoms with Crippen molar-refractivity contribution in [2.75, 3.05) is 27.3 Å². The summed E-state index contributed by atoms with van der Waals surface area (Å²) in [5, 5.41) is 10.4. The normalized spacial score (nSPS) is 11.4. The van der Waals surface area contributed by atoms with Gasteiger partial charge >= 0.3 is 0 Å². The van der Waals surface area contributed by atoms with Crippen molar-refractivity contribution in [2.24, 2.45) is 0 Å². The van der Waals surface area contributed by atoms with Crippen LogP contribution in [0.5, 0.6) is 0 Å². The Bertz CT molecular complexity index is 215. The van der Waals surface area contributed by atoms with E-state index in [9.17, 15) is 9.90 Å². The molecule has 0 radical (unpaired) electrons. The van der Waals surface area contributed by atoms with Crippen molar-refractivity contribution in [3.8, 4) is 0 Å². The van der Waals surface area contributed by atoms with Gasteiger partial charge < -0.3 is 9.90 Å². The summed E-state index contributed by atoms with van der Waals surface area (Å²) in [6, 6.07) is 0. The fourth-order valence-electron chi connectivity index (χ4n) is 1.31. The lowest BCUT2D eigenvalue weighted by atomic mass is 10.1. The fraction of sp³-hybridized carbons (Fsp3) is 0.700. The molecule has 0 bridgehead atoms. The van der Waals surface area contributed by atoms with Crippen molar-refractivity contribution in [2.45, 2.75) is 19.8 Å². The van der Waals surface area contributed by atoms with Gasteiger partial charge in [0, 0.05) is 6.42 Å². The SMILES string of the molecule is C=C(CCC[N+](CC)(OC)OC)C(=O)[O-]. The van der Waals surface area contributed by atoms with E-state index in [-0.39, 0.29) is 10.4 Å². The van der Waals surface area contributed by atoms with Gasteiger partial charge in [0.05, 0.1) is 20.2 Å². The van der Waals surface area contributed by atoms with Crippen LogP contribution < -0.4 is 5.11 Å². The van der Waals surface area contributed by atoms with E-state index >= 15 is 0 Å². The fourth-order valence-corrected chi connectivity index (χ4v) is 1.31. The van der Waals surface area contributed by atoms with E-state index in [4.69, 9.17) is 9.68 Å². The number of hydrogen-bond donors (Lipinski definition) is 0. The van der Waals surface area contributed by atoms with Gasteiger partial charge in [-0.1, -0.05) is 6.58 Å². The van der Waals surface area contributed by atoms with Gasteiger partial charge in [-0.2, -0.15) is 9.68 Å². The maximum absolute atomic E-state index is 10.4. The molecule has 0 saturated heterocycles. The van der Waals surface area contributed by atoms with Crippen molar-refractivity contribution < 1.29 is 24.4 Å². The van der Waals surface area contributed by atoms with Crippen molar-refractivity contribution >= 4 is 5.97 Å². The number of quaternary nitrogens is 1. The molecule has 0 aliphatic heterocycles. The maximum Gasteiger partial charge on any atom is 0.143 e. The molecule has 0 saturated carbocycles. The van der Waals surface area contributed by atoms with Gasteiger partial charge in [-0.25, -0.2) is 0 Å². The summed E-state index contributed by atoms with van der Waals surface area (Å²) in [5.74, 6) is -1.19. The molecular formula is C10H19NO4. The zero-order valence-electron chi connectivity index (χ0n) is 9.62. The summed E-state index contributed by atoms with van der Waals surface area (Å²) in [6.45, 7) is 6.57. The van der Waals surface area contributed by atoms with Crippen LogP contribution >= 0.6 is 0 Å². The van der Waals surface area contributed by atoms with Gasteiger partial charge in [-0.15, -0.1) is 0 Å². The van der Waals surface area contributed by atoms with Crippen LogP contribution in [0.2, 0.25) is 0 Å². The first-order chi connectivity index (χ1) is 7.01. The Morgan fingerprint density at radius 3 is 2.27 bits per heavy atom. The number of carbonyl (C=O) groups is 1. The molecule has 5 nitrogen and oxygen atoms in total. The number of rotatable bonds is 8. The summed E-state index contributed by atoms with van der Waals surface area (Å²) in [7, 11) is 3.11. The Kier molecular flexibility index (Phi) is 6.15. The van der Waals surface area contributed by atoms with Crippen molar-refractivity contribution in [1.82, 2.24) is 0 Å². The van der Waals surface area contributed by atoms with Gasteiger partial charge in [-0.05, 0) is 23.7 Å². The van der Waals surface area contributed by atoms with Crippen LogP contribution in [0.25, 0.3) is 0 Å². The number of carbonyl (C=O) groups excluding carboxylic acids is 1. The van der Waals surface area contributed by atoms with E-state index in [0.29, 0.717) is 25.9 Å². The number of carboxylic acid groups (broad SMARTS) is 1. The maximum atomic E-state index is 10.4. The second-order valence-corrected chi connectivity index (χ2v) is 3.21. The van der Waals surface area contributed by atoms with Crippen molar-refractivity contribution in [3.05, 3.63) is 12.2 Å². The van der Waals surface area contributed by atoms with Crippen LogP contribution in [0.1, 0.15) is 19.8 Å². The molecule has 0 aromatic rings. The molecule has 5 heteroatoms. The van der Waals surface area contributed by atoms with Crippen LogP contribution in [-0.4, -0.2) is 38.1 Å². The Hall–Kier alpha value is -0.910. The van der Waals surface area contributed by atoms with Crippen LogP contribution in [0.15, 0.2) is 12.2 Å². The molecule has 15 heavy (non-hydrogen) atoms. The predicted molar refractivity (Wildman–Crippen MR) is 53.1 cm³/mol. The molecule has 0 aromatic carbocycles. The third-order valence-electron chi connectivity index (χ3n) is 2.41. The lowest BCUT2D eigenvalue weighted by Crippen LogP contribution is -2.46. The number of aliphatic carboxylic acids is 1. The zero-order chi connectivity index (χ0) is 11.9. The van der Waals surface area contributed by atoms with Gasteiger partial charge in [0.15, 0.2) is 0 Å². The smallest absolute Gasteiger partial charge is 0.143 e. The van der Waals surface area contributed by atoms with E-state index < -0.39 is 5.97 Å².